The largest absolute Gasteiger partial charge is 0.335 e. The first-order chi connectivity index (χ1) is 13.5. The third kappa shape index (κ3) is 3.40. The minimum atomic E-state index is -3.63. The number of fused-ring (bicyclic) bond motifs is 1. The normalized spacial score (nSPS) is 15.5. The fourth-order valence-corrected chi connectivity index (χ4v) is 5.68. The van der Waals surface area contributed by atoms with Gasteiger partial charge in [-0.1, -0.05) is 18.2 Å². The zero-order chi connectivity index (χ0) is 19.7. The number of benzene rings is 2. The first-order valence-electron chi connectivity index (χ1n) is 8.77. The maximum Gasteiger partial charge on any atom is 0.264 e. The quantitative estimate of drug-likeness (QED) is 0.664. The maximum absolute atomic E-state index is 12.8. The van der Waals surface area contributed by atoms with Gasteiger partial charge in [-0.05, 0) is 41.8 Å². The van der Waals surface area contributed by atoms with E-state index in [1.807, 2.05) is 36.4 Å². The molecule has 3 aromatic rings. The van der Waals surface area contributed by atoms with Crippen LogP contribution < -0.4 is 0 Å². The fraction of sp³-hybridized carbons (Fsp3) is 0.200. The van der Waals surface area contributed by atoms with Crippen molar-refractivity contribution >= 4 is 37.4 Å². The molecular formula is C20H17N3O3S2. The standard InChI is InChI=1S/C20H17N3O3S2/c21-14-15-5-7-17(8-6-15)28(25,26)23-11-9-22(10-12-23)20(24)19-13-16-3-1-2-4-18(16)27-19/h1-8,13H,9-12H2. The van der Waals surface area contributed by atoms with Crippen molar-refractivity contribution in [2.75, 3.05) is 26.2 Å². The van der Waals surface area contributed by atoms with Crippen molar-refractivity contribution in [3.8, 4) is 6.07 Å². The molecule has 4 rings (SSSR count). The molecule has 1 aromatic heterocycles. The molecule has 1 fully saturated rings. The zero-order valence-electron chi connectivity index (χ0n) is 14.9. The number of rotatable bonds is 3. The summed E-state index contributed by atoms with van der Waals surface area (Å²) in [6, 6.07) is 17.6. The Hall–Kier alpha value is -2.73. The van der Waals surface area contributed by atoms with Crippen LogP contribution >= 0.6 is 11.3 Å². The van der Waals surface area contributed by atoms with Crippen LogP contribution in [0, 0.1) is 11.3 Å². The first kappa shape index (κ1) is 18.6. The topological polar surface area (TPSA) is 81.5 Å². The van der Waals surface area contributed by atoms with E-state index < -0.39 is 10.0 Å². The number of carbonyl (C=O) groups excluding carboxylic acids is 1. The lowest BCUT2D eigenvalue weighted by molar-refractivity contribution is 0.0703. The van der Waals surface area contributed by atoms with Crippen LogP contribution in [0.2, 0.25) is 0 Å². The Balaban J connectivity index is 1.46. The average Bonchev–Trinajstić information content (AvgIpc) is 3.17. The summed E-state index contributed by atoms with van der Waals surface area (Å²) in [6.45, 7) is 1.20. The lowest BCUT2D eigenvalue weighted by atomic mass is 10.2. The van der Waals surface area contributed by atoms with Crippen molar-refractivity contribution in [2.45, 2.75) is 4.90 Å². The third-order valence-electron chi connectivity index (χ3n) is 4.78. The minimum absolute atomic E-state index is 0.0587. The van der Waals surface area contributed by atoms with Crippen LogP contribution in [0.15, 0.2) is 59.5 Å². The SMILES string of the molecule is N#Cc1ccc(S(=O)(=O)N2CCN(C(=O)c3cc4ccccc4s3)CC2)cc1. The predicted octanol–water partition coefficient (Wildman–Crippen LogP) is 2.92. The van der Waals surface area contributed by atoms with E-state index in [4.69, 9.17) is 5.26 Å². The summed E-state index contributed by atoms with van der Waals surface area (Å²) in [7, 11) is -3.63. The lowest BCUT2D eigenvalue weighted by Crippen LogP contribution is -2.50. The van der Waals surface area contributed by atoms with Crippen molar-refractivity contribution < 1.29 is 13.2 Å². The van der Waals surface area contributed by atoms with E-state index >= 15 is 0 Å². The van der Waals surface area contributed by atoms with E-state index in [1.165, 1.54) is 39.9 Å². The summed E-state index contributed by atoms with van der Waals surface area (Å²) >= 11 is 1.46. The smallest absolute Gasteiger partial charge is 0.264 e. The average molecular weight is 412 g/mol. The Bertz CT molecular complexity index is 1140. The van der Waals surface area contributed by atoms with Crippen LogP contribution in [0.25, 0.3) is 10.1 Å². The molecular weight excluding hydrogens is 394 g/mol. The molecule has 2 aromatic carbocycles. The Labute approximate surface area is 167 Å². The monoisotopic (exact) mass is 411 g/mol. The summed E-state index contributed by atoms with van der Waals surface area (Å²) in [4.78, 5) is 15.3. The molecule has 1 amide bonds. The van der Waals surface area contributed by atoms with Crippen LogP contribution in [-0.4, -0.2) is 49.7 Å². The predicted molar refractivity (Wildman–Crippen MR) is 108 cm³/mol. The van der Waals surface area contributed by atoms with Crippen LogP contribution in [0.5, 0.6) is 0 Å². The van der Waals surface area contributed by atoms with Crippen LogP contribution in [0.4, 0.5) is 0 Å². The number of hydrogen-bond acceptors (Lipinski definition) is 5. The summed E-state index contributed by atoms with van der Waals surface area (Å²) in [5, 5.41) is 9.89. The number of hydrogen-bond donors (Lipinski definition) is 0. The van der Waals surface area contributed by atoms with Gasteiger partial charge in [-0.25, -0.2) is 8.42 Å². The van der Waals surface area contributed by atoms with Gasteiger partial charge in [-0.15, -0.1) is 11.3 Å². The van der Waals surface area contributed by atoms with E-state index in [0.717, 1.165) is 10.1 Å². The highest BCUT2D eigenvalue weighted by Crippen LogP contribution is 2.27. The van der Waals surface area contributed by atoms with Gasteiger partial charge in [-0.2, -0.15) is 9.57 Å². The second kappa shape index (κ2) is 7.36. The molecule has 6 nitrogen and oxygen atoms in total. The van der Waals surface area contributed by atoms with Crippen molar-refractivity contribution in [2.24, 2.45) is 0 Å². The molecule has 142 valence electrons. The van der Waals surface area contributed by atoms with Crippen molar-refractivity contribution in [3.05, 3.63) is 65.0 Å². The molecule has 1 aliphatic heterocycles. The number of sulfonamides is 1. The van der Waals surface area contributed by atoms with Gasteiger partial charge >= 0.3 is 0 Å². The molecule has 8 heteroatoms. The number of thiophene rings is 1. The summed E-state index contributed by atoms with van der Waals surface area (Å²) < 4.78 is 28.0. The molecule has 2 heterocycles. The van der Waals surface area contributed by atoms with Crippen molar-refractivity contribution in [3.63, 3.8) is 0 Å². The molecule has 0 spiro atoms. The highest BCUT2D eigenvalue weighted by molar-refractivity contribution is 7.89. The van der Waals surface area contributed by atoms with E-state index in [-0.39, 0.29) is 23.9 Å². The van der Waals surface area contributed by atoms with Gasteiger partial charge in [0, 0.05) is 30.9 Å². The second-order valence-corrected chi connectivity index (χ2v) is 9.50. The number of nitrogens with zero attached hydrogens (tertiary/aromatic N) is 3. The highest BCUT2D eigenvalue weighted by Gasteiger charge is 2.30. The zero-order valence-corrected chi connectivity index (χ0v) is 16.5. The van der Waals surface area contributed by atoms with Crippen molar-refractivity contribution in [1.82, 2.24) is 9.21 Å². The fourth-order valence-electron chi connectivity index (χ4n) is 3.23. The van der Waals surface area contributed by atoms with E-state index in [9.17, 15) is 13.2 Å². The molecule has 0 bridgehead atoms. The van der Waals surface area contributed by atoms with E-state index in [2.05, 4.69) is 0 Å². The molecule has 0 unspecified atom stereocenters. The van der Waals surface area contributed by atoms with Crippen molar-refractivity contribution in [1.29, 1.82) is 5.26 Å². The molecule has 28 heavy (non-hydrogen) atoms. The molecule has 1 aliphatic rings. The van der Waals surface area contributed by atoms with Gasteiger partial charge in [0.1, 0.15) is 0 Å². The molecule has 0 N–H and O–H groups in total. The Kier molecular flexibility index (Phi) is 4.89. The number of piperazine rings is 1. The number of amides is 1. The maximum atomic E-state index is 12.8. The summed E-state index contributed by atoms with van der Waals surface area (Å²) in [6.07, 6.45) is 0. The number of nitriles is 1. The third-order valence-corrected chi connectivity index (χ3v) is 7.80. The van der Waals surface area contributed by atoms with Crippen LogP contribution in [-0.2, 0) is 10.0 Å². The Morgan fingerprint density at radius 1 is 1.00 bits per heavy atom. The molecule has 1 saturated heterocycles. The van der Waals surface area contributed by atoms with Gasteiger partial charge in [-0.3, -0.25) is 4.79 Å². The van der Waals surface area contributed by atoms with Gasteiger partial charge < -0.3 is 4.90 Å². The number of carbonyl (C=O) groups is 1. The van der Waals surface area contributed by atoms with E-state index in [1.54, 1.807) is 4.90 Å². The lowest BCUT2D eigenvalue weighted by Gasteiger charge is -2.33. The second-order valence-electron chi connectivity index (χ2n) is 6.48. The van der Waals surface area contributed by atoms with Gasteiger partial charge in [0.15, 0.2) is 0 Å². The molecule has 0 aliphatic carbocycles. The summed E-state index contributed by atoms with van der Waals surface area (Å²) in [5.41, 5.74) is 0.415. The van der Waals surface area contributed by atoms with Crippen LogP contribution in [0.1, 0.15) is 15.2 Å². The van der Waals surface area contributed by atoms with Gasteiger partial charge in [0.05, 0.1) is 21.4 Å². The van der Waals surface area contributed by atoms with Gasteiger partial charge in [0.25, 0.3) is 5.91 Å². The summed E-state index contributed by atoms with van der Waals surface area (Å²) in [5.74, 6) is -0.0587. The Morgan fingerprint density at radius 3 is 2.32 bits per heavy atom. The molecule has 0 radical (unpaired) electrons. The molecule has 0 saturated carbocycles. The molecule has 0 atom stereocenters. The highest BCUT2D eigenvalue weighted by atomic mass is 32.2. The van der Waals surface area contributed by atoms with E-state index in [0.29, 0.717) is 23.5 Å². The van der Waals surface area contributed by atoms with Crippen LogP contribution in [0.3, 0.4) is 0 Å². The minimum Gasteiger partial charge on any atom is -0.335 e. The van der Waals surface area contributed by atoms with Gasteiger partial charge in [0.2, 0.25) is 10.0 Å². The Morgan fingerprint density at radius 2 is 1.68 bits per heavy atom. The first-order valence-corrected chi connectivity index (χ1v) is 11.0.